The van der Waals surface area contributed by atoms with E-state index in [1.54, 1.807) is 7.11 Å². The van der Waals surface area contributed by atoms with Crippen molar-refractivity contribution in [3.8, 4) is 11.4 Å². The maximum absolute atomic E-state index is 18.2. The predicted octanol–water partition coefficient (Wildman–Crippen LogP) is 4.82. The highest BCUT2D eigenvalue weighted by atomic mass is 19.1. The van der Waals surface area contributed by atoms with Crippen LogP contribution in [0.3, 0.4) is 0 Å². The Morgan fingerprint density at radius 3 is 2.76 bits per heavy atom. The first-order valence-corrected chi connectivity index (χ1v) is 14.9. The average Bonchev–Trinajstić information content (AvgIpc) is 3.73. The fraction of sp³-hybridized carbons (Fsp3) is 0.656. The first-order valence-electron chi connectivity index (χ1n) is 14.9. The van der Waals surface area contributed by atoms with E-state index in [4.69, 9.17) is 28.8 Å². The molecule has 1 aromatic heterocycles. The van der Waals surface area contributed by atoms with E-state index in [1.807, 2.05) is 42.1 Å². The number of aliphatic hydroxyl groups excluding tert-OH is 1. The second kappa shape index (κ2) is 8.41. The van der Waals surface area contributed by atoms with E-state index in [-0.39, 0.29) is 44.4 Å². The molecule has 2 aromatic rings. The Morgan fingerprint density at radius 2 is 1.98 bits per heavy atom. The second-order valence-corrected chi connectivity index (χ2v) is 13.7. The lowest BCUT2D eigenvalue weighted by Crippen LogP contribution is -2.72. The SMILES string of the molecule is COc1cccc(-n2cc3c(n2)C=C2CC[C@H]4[C@@H]5C[C@@H](C)[C@@]6(OCOC67COCO7)[C@@]5(C)C[C@H](O)[C@]4(F)[C@@]2(C)C3)c1. The van der Waals surface area contributed by atoms with Crippen LogP contribution in [-0.2, 0) is 25.4 Å². The van der Waals surface area contributed by atoms with E-state index in [0.29, 0.717) is 12.8 Å². The van der Waals surface area contributed by atoms with E-state index >= 15 is 4.39 Å². The minimum atomic E-state index is -1.79. The van der Waals surface area contributed by atoms with Crippen LogP contribution in [0, 0.1) is 28.6 Å². The zero-order valence-corrected chi connectivity index (χ0v) is 24.2. The van der Waals surface area contributed by atoms with E-state index in [0.717, 1.165) is 41.1 Å². The first-order chi connectivity index (χ1) is 19.6. The van der Waals surface area contributed by atoms with E-state index in [2.05, 4.69) is 19.9 Å². The lowest BCUT2D eigenvalue weighted by Gasteiger charge is -2.64. The molecule has 9 heteroatoms. The molecule has 0 bridgehead atoms. The van der Waals surface area contributed by atoms with Gasteiger partial charge in [-0.1, -0.05) is 32.4 Å². The average molecular weight is 567 g/mol. The van der Waals surface area contributed by atoms with Crippen LogP contribution in [0.25, 0.3) is 11.8 Å². The summed E-state index contributed by atoms with van der Waals surface area (Å²) in [5, 5.41) is 16.9. The summed E-state index contributed by atoms with van der Waals surface area (Å²) in [7, 11) is 1.65. The van der Waals surface area contributed by atoms with Gasteiger partial charge < -0.3 is 28.8 Å². The van der Waals surface area contributed by atoms with Crippen LogP contribution in [0.2, 0.25) is 0 Å². The summed E-state index contributed by atoms with van der Waals surface area (Å²) in [5.74, 6) is -0.526. The van der Waals surface area contributed by atoms with E-state index in [9.17, 15) is 5.11 Å². The van der Waals surface area contributed by atoms with Crippen molar-refractivity contribution < 1.29 is 33.2 Å². The van der Waals surface area contributed by atoms with Gasteiger partial charge in [0.25, 0.3) is 0 Å². The number of hydrogen-bond acceptors (Lipinski definition) is 7. The van der Waals surface area contributed by atoms with Crippen molar-refractivity contribution in [3.63, 3.8) is 0 Å². The molecule has 8 rings (SSSR count). The Bertz CT molecular complexity index is 1430. The summed E-state index contributed by atoms with van der Waals surface area (Å²) in [5.41, 5.74) is -0.164. The van der Waals surface area contributed by atoms with Crippen molar-refractivity contribution in [2.45, 2.75) is 76.0 Å². The standard InChI is InChI=1S/C32H39FN2O6/c1-19-10-25-24-9-8-21-11-26-20(15-35(34-26)22-6-5-7-23(12-22)37-4)13-28(21,2)31(24,33)27(36)14-29(25,3)32(19)30(40-18-41-32)16-38-17-39-30/h5-7,11-12,15,19,24-25,27,36H,8-10,13-14,16-18H2,1-4H3/t19-,24+,25+,27+,28+,29+,30?,31+,32-/m1/s1. The molecule has 9 atom stereocenters. The number of hydrogen-bond donors (Lipinski definition) is 1. The molecule has 220 valence electrons. The third-order valence-corrected chi connectivity index (χ3v) is 12.2. The van der Waals surface area contributed by atoms with Gasteiger partial charge in [0.2, 0.25) is 5.79 Å². The molecule has 5 fully saturated rings. The Hall–Kier alpha value is -2.30. The highest BCUT2D eigenvalue weighted by molar-refractivity contribution is 5.61. The van der Waals surface area contributed by atoms with Gasteiger partial charge in [-0.2, -0.15) is 5.10 Å². The highest BCUT2D eigenvalue weighted by Crippen LogP contribution is 2.74. The topological polar surface area (TPSA) is 84.2 Å². The number of nitrogens with zero attached hydrogens (tertiary/aromatic N) is 2. The molecule has 1 unspecified atom stereocenters. The lowest BCUT2D eigenvalue weighted by atomic mass is 9.43. The Balaban J connectivity index is 1.18. The summed E-state index contributed by atoms with van der Waals surface area (Å²) >= 11 is 0. The third kappa shape index (κ3) is 2.99. The molecule has 1 aromatic carbocycles. The Labute approximate surface area is 239 Å². The summed E-state index contributed by atoms with van der Waals surface area (Å²) in [6.07, 6.45) is 5.95. The van der Waals surface area contributed by atoms with Crippen molar-refractivity contribution >= 4 is 6.08 Å². The maximum atomic E-state index is 18.2. The molecule has 4 aliphatic carbocycles. The smallest absolute Gasteiger partial charge is 0.227 e. The van der Waals surface area contributed by atoms with Crippen LogP contribution in [0.1, 0.15) is 57.7 Å². The Kier molecular flexibility index (Phi) is 5.40. The van der Waals surface area contributed by atoms with Crippen molar-refractivity contribution in [1.29, 1.82) is 0 Å². The van der Waals surface area contributed by atoms with Crippen molar-refractivity contribution in [1.82, 2.24) is 9.78 Å². The van der Waals surface area contributed by atoms with Crippen molar-refractivity contribution in [2.24, 2.45) is 28.6 Å². The number of ether oxygens (including phenoxy) is 5. The number of benzene rings is 1. The molecule has 8 nitrogen and oxygen atoms in total. The minimum Gasteiger partial charge on any atom is -0.497 e. The normalized spacial score (nSPS) is 46.2. The molecule has 2 spiro atoms. The molecule has 1 N–H and O–H groups in total. The van der Waals surface area contributed by atoms with Gasteiger partial charge in [-0.25, -0.2) is 9.07 Å². The van der Waals surface area contributed by atoms with Gasteiger partial charge in [-0.05, 0) is 67.7 Å². The number of aliphatic hydroxyl groups is 1. The van der Waals surface area contributed by atoms with Gasteiger partial charge >= 0.3 is 0 Å². The van der Waals surface area contributed by atoms with E-state index in [1.165, 1.54) is 0 Å². The predicted molar refractivity (Wildman–Crippen MR) is 147 cm³/mol. The molecular formula is C32H39FN2O6. The maximum Gasteiger partial charge on any atom is 0.227 e. The number of fused-ring (bicyclic) bond motifs is 8. The van der Waals surface area contributed by atoms with E-state index < -0.39 is 34.0 Å². The number of methoxy groups -OCH3 is 1. The quantitative estimate of drug-likeness (QED) is 0.558. The molecule has 3 heterocycles. The van der Waals surface area contributed by atoms with Crippen molar-refractivity contribution in [3.05, 3.63) is 47.3 Å². The van der Waals surface area contributed by atoms with Crippen LogP contribution in [-0.4, -0.2) is 65.4 Å². The first kappa shape index (κ1) is 26.3. The third-order valence-electron chi connectivity index (χ3n) is 12.2. The van der Waals surface area contributed by atoms with Crippen molar-refractivity contribution in [2.75, 3.05) is 27.3 Å². The molecule has 0 amide bonds. The monoisotopic (exact) mass is 566 g/mol. The molecular weight excluding hydrogens is 527 g/mol. The lowest BCUT2D eigenvalue weighted by molar-refractivity contribution is -0.279. The second-order valence-electron chi connectivity index (χ2n) is 13.7. The van der Waals surface area contributed by atoms with Crippen LogP contribution in [0.5, 0.6) is 5.75 Å². The van der Waals surface area contributed by atoms with Gasteiger partial charge in [0.05, 0.1) is 24.6 Å². The van der Waals surface area contributed by atoms with Gasteiger partial charge in [0.1, 0.15) is 23.6 Å². The fourth-order valence-electron chi connectivity index (χ4n) is 10.5. The zero-order valence-electron chi connectivity index (χ0n) is 24.2. The molecule has 2 saturated heterocycles. The zero-order chi connectivity index (χ0) is 28.4. The van der Waals surface area contributed by atoms with Crippen LogP contribution >= 0.6 is 0 Å². The summed E-state index contributed by atoms with van der Waals surface area (Å²) in [4.78, 5) is 0. The summed E-state index contributed by atoms with van der Waals surface area (Å²) in [6.45, 7) is 6.92. The number of alkyl halides is 1. The minimum absolute atomic E-state index is 0.00736. The van der Waals surface area contributed by atoms with Gasteiger partial charge in [0, 0.05) is 29.0 Å². The van der Waals surface area contributed by atoms with Gasteiger partial charge in [-0.3, -0.25) is 0 Å². The fourth-order valence-corrected chi connectivity index (χ4v) is 10.5. The number of allylic oxidation sites excluding steroid dienone is 1. The van der Waals surface area contributed by atoms with Crippen LogP contribution < -0.4 is 4.74 Å². The van der Waals surface area contributed by atoms with Crippen LogP contribution in [0.15, 0.2) is 36.0 Å². The van der Waals surface area contributed by atoms with Gasteiger partial charge in [0.15, 0.2) is 13.6 Å². The molecule has 41 heavy (non-hydrogen) atoms. The number of aromatic nitrogens is 2. The highest BCUT2D eigenvalue weighted by Gasteiger charge is 2.81. The van der Waals surface area contributed by atoms with Gasteiger partial charge in [-0.15, -0.1) is 0 Å². The molecule has 2 aliphatic heterocycles. The molecule has 3 saturated carbocycles. The number of halogens is 1. The summed E-state index contributed by atoms with van der Waals surface area (Å²) in [6, 6.07) is 7.77. The summed E-state index contributed by atoms with van der Waals surface area (Å²) < 4.78 is 49.9. The number of rotatable bonds is 2. The Morgan fingerprint density at radius 1 is 1.15 bits per heavy atom. The largest absolute Gasteiger partial charge is 0.497 e. The van der Waals surface area contributed by atoms with Crippen LogP contribution in [0.4, 0.5) is 4.39 Å². The molecule has 0 radical (unpaired) electrons. The molecule has 6 aliphatic rings.